The van der Waals surface area contributed by atoms with Crippen LogP contribution in [0.25, 0.3) is 0 Å². The third-order valence-corrected chi connectivity index (χ3v) is 14.0. The standard InChI is InChI=1S/C29H46O5Si/c1-26(2,3)35(6,7)34-18-14-24(31)29(21-30,33-20-22-11-9-8-10-12-22)17-16-28-15-13-23(19-25(28)32)27(28,4)5/h8-12,16-17,23-24,30-31H,13-15,18-21H2,1-7H3/b17-16+/t23-,24+,28+,29-/m0/s1. The Morgan fingerprint density at radius 3 is 2.37 bits per heavy atom. The van der Waals surface area contributed by atoms with Gasteiger partial charge in [-0.3, -0.25) is 4.79 Å². The van der Waals surface area contributed by atoms with Crippen molar-refractivity contribution in [2.45, 2.75) is 96.7 Å². The summed E-state index contributed by atoms with van der Waals surface area (Å²) in [5.74, 6) is 0.650. The van der Waals surface area contributed by atoms with Crippen molar-refractivity contribution in [2.75, 3.05) is 13.2 Å². The van der Waals surface area contributed by atoms with Gasteiger partial charge < -0.3 is 19.4 Å². The number of hydrogen-bond acceptors (Lipinski definition) is 5. The fraction of sp³-hybridized carbons (Fsp3) is 0.690. The summed E-state index contributed by atoms with van der Waals surface area (Å²) >= 11 is 0. The van der Waals surface area contributed by atoms with E-state index in [0.29, 0.717) is 25.4 Å². The van der Waals surface area contributed by atoms with Crippen molar-refractivity contribution in [2.24, 2.45) is 16.7 Å². The van der Waals surface area contributed by atoms with E-state index in [9.17, 15) is 15.0 Å². The van der Waals surface area contributed by atoms with Gasteiger partial charge in [-0.25, -0.2) is 0 Å². The largest absolute Gasteiger partial charge is 0.417 e. The highest BCUT2D eigenvalue weighted by molar-refractivity contribution is 6.74. The predicted octanol–water partition coefficient (Wildman–Crippen LogP) is 5.66. The average molecular weight is 503 g/mol. The molecule has 2 N–H and O–H groups in total. The van der Waals surface area contributed by atoms with Crippen LogP contribution in [0.3, 0.4) is 0 Å². The summed E-state index contributed by atoms with van der Waals surface area (Å²) in [6.07, 6.45) is 5.55. The first kappa shape index (κ1) is 28.3. The first-order valence-corrected chi connectivity index (χ1v) is 16.0. The molecule has 35 heavy (non-hydrogen) atoms. The van der Waals surface area contributed by atoms with Crippen LogP contribution in [0.4, 0.5) is 0 Å². The molecule has 2 bridgehead atoms. The van der Waals surface area contributed by atoms with Crippen LogP contribution in [0.1, 0.15) is 65.9 Å². The molecular weight excluding hydrogens is 456 g/mol. The van der Waals surface area contributed by atoms with Gasteiger partial charge in [0.2, 0.25) is 0 Å². The molecular formula is C29H46O5Si. The number of ether oxygens (including phenoxy) is 1. The quantitative estimate of drug-likeness (QED) is 0.302. The molecule has 2 fully saturated rings. The summed E-state index contributed by atoms with van der Waals surface area (Å²) in [7, 11) is -1.97. The van der Waals surface area contributed by atoms with Crippen molar-refractivity contribution in [3.8, 4) is 0 Å². The van der Waals surface area contributed by atoms with Crippen molar-refractivity contribution in [3.63, 3.8) is 0 Å². The second-order valence-corrected chi connectivity index (χ2v) is 17.5. The molecule has 0 saturated heterocycles. The zero-order valence-electron chi connectivity index (χ0n) is 22.8. The number of aliphatic hydroxyl groups excluding tert-OH is 2. The number of rotatable bonds is 11. The van der Waals surface area contributed by atoms with Crippen LogP contribution >= 0.6 is 0 Å². The van der Waals surface area contributed by atoms with Crippen molar-refractivity contribution in [3.05, 3.63) is 48.0 Å². The molecule has 2 saturated carbocycles. The second kappa shape index (κ2) is 10.2. The van der Waals surface area contributed by atoms with E-state index in [1.807, 2.05) is 36.4 Å². The molecule has 0 aromatic heterocycles. The van der Waals surface area contributed by atoms with Gasteiger partial charge in [-0.15, -0.1) is 0 Å². The highest BCUT2D eigenvalue weighted by Gasteiger charge is 2.63. The molecule has 4 atom stereocenters. The molecule has 6 heteroatoms. The van der Waals surface area contributed by atoms with Crippen molar-refractivity contribution < 1.29 is 24.2 Å². The summed E-state index contributed by atoms with van der Waals surface area (Å²) in [6, 6.07) is 9.75. The summed E-state index contributed by atoms with van der Waals surface area (Å²) in [6.45, 7) is 15.5. The topological polar surface area (TPSA) is 76.0 Å². The summed E-state index contributed by atoms with van der Waals surface area (Å²) < 4.78 is 12.6. The minimum absolute atomic E-state index is 0.0717. The predicted molar refractivity (Wildman–Crippen MR) is 143 cm³/mol. The lowest BCUT2D eigenvalue weighted by molar-refractivity contribution is -0.131. The van der Waals surface area contributed by atoms with E-state index in [0.717, 1.165) is 18.4 Å². The Hall–Kier alpha value is -1.31. The highest BCUT2D eigenvalue weighted by Crippen LogP contribution is 2.64. The van der Waals surface area contributed by atoms with Crippen molar-refractivity contribution >= 4 is 14.1 Å². The van der Waals surface area contributed by atoms with E-state index < -0.39 is 25.4 Å². The monoisotopic (exact) mass is 502 g/mol. The molecule has 1 aromatic rings. The van der Waals surface area contributed by atoms with Crippen LogP contribution in [0.15, 0.2) is 42.5 Å². The Balaban J connectivity index is 1.85. The maximum absolute atomic E-state index is 13.1. The third kappa shape index (κ3) is 5.37. The van der Waals surface area contributed by atoms with Gasteiger partial charge in [-0.1, -0.05) is 77.1 Å². The summed E-state index contributed by atoms with van der Waals surface area (Å²) in [5.41, 5.74) is -1.07. The molecule has 0 aliphatic heterocycles. The van der Waals surface area contributed by atoms with E-state index in [4.69, 9.17) is 9.16 Å². The van der Waals surface area contributed by atoms with Crippen LogP contribution in [0.5, 0.6) is 0 Å². The number of fused-ring (bicyclic) bond motifs is 2. The number of aliphatic hydroxyl groups is 2. The van der Waals surface area contributed by atoms with E-state index >= 15 is 0 Å². The SMILES string of the molecule is CC1(C)[C@H]2CC[C@@]1(/C=C/[C@@](CO)(OCc1ccccc1)[C@H](O)CCO[Si](C)(C)C(C)(C)C)C(=O)C2. The zero-order valence-corrected chi connectivity index (χ0v) is 23.8. The number of carbonyl (C=O) groups excluding carboxylic acids is 1. The molecule has 5 nitrogen and oxygen atoms in total. The Morgan fingerprint density at radius 2 is 1.86 bits per heavy atom. The molecule has 3 rings (SSSR count). The average Bonchev–Trinajstić information content (AvgIpc) is 3.14. The third-order valence-electron chi connectivity index (χ3n) is 9.46. The van der Waals surface area contributed by atoms with E-state index in [1.54, 1.807) is 6.08 Å². The van der Waals surface area contributed by atoms with E-state index in [1.165, 1.54) is 0 Å². The van der Waals surface area contributed by atoms with Crippen molar-refractivity contribution in [1.82, 2.24) is 0 Å². The lowest BCUT2D eigenvalue weighted by atomic mass is 9.68. The number of carbonyl (C=O) groups is 1. The highest BCUT2D eigenvalue weighted by atomic mass is 28.4. The smallest absolute Gasteiger partial charge is 0.191 e. The number of Topliss-reactive ketones (excluding diaryl/α,β-unsaturated/α-hetero) is 1. The van der Waals surface area contributed by atoms with Gasteiger partial charge in [0.15, 0.2) is 8.32 Å². The lowest BCUT2D eigenvalue weighted by Crippen LogP contribution is -2.49. The van der Waals surface area contributed by atoms with Gasteiger partial charge in [-0.05, 0) is 54.3 Å². The first-order chi connectivity index (χ1) is 16.2. The van der Waals surface area contributed by atoms with Gasteiger partial charge in [0, 0.05) is 13.0 Å². The molecule has 0 radical (unpaired) electrons. The Kier molecular flexibility index (Phi) is 8.25. The van der Waals surface area contributed by atoms with E-state index in [-0.39, 0.29) is 29.5 Å². The van der Waals surface area contributed by atoms with Crippen LogP contribution in [-0.2, 0) is 20.6 Å². The van der Waals surface area contributed by atoms with Gasteiger partial charge in [0.05, 0.1) is 24.7 Å². The van der Waals surface area contributed by atoms with Crippen LogP contribution in [0.2, 0.25) is 18.1 Å². The molecule has 1 aromatic carbocycles. The minimum Gasteiger partial charge on any atom is -0.417 e. The van der Waals surface area contributed by atoms with Crippen LogP contribution in [0, 0.1) is 16.7 Å². The van der Waals surface area contributed by atoms with Gasteiger partial charge in [-0.2, -0.15) is 0 Å². The molecule has 0 spiro atoms. The second-order valence-electron chi connectivity index (χ2n) is 12.7. The van der Waals surface area contributed by atoms with Gasteiger partial charge >= 0.3 is 0 Å². The molecule has 0 unspecified atom stereocenters. The fourth-order valence-corrected chi connectivity index (χ4v) is 6.58. The molecule has 2 aliphatic rings. The zero-order chi connectivity index (χ0) is 26.1. The number of allylic oxidation sites excluding steroid dienone is 1. The van der Waals surface area contributed by atoms with Crippen LogP contribution < -0.4 is 0 Å². The van der Waals surface area contributed by atoms with Gasteiger partial charge in [0.1, 0.15) is 11.4 Å². The molecule has 196 valence electrons. The normalized spacial score (nSPS) is 26.9. The number of benzene rings is 1. The van der Waals surface area contributed by atoms with Crippen LogP contribution in [-0.4, -0.2) is 49.2 Å². The van der Waals surface area contributed by atoms with Gasteiger partial charge in [0.25, 0.3) is 0 Å². The Bertz CT molecular complexity index is 903. The Labute approximate surface area is 213 Å². The number of ketones is 1. The summed E-state index contributed by atoms with van der Waals surface area (Å²) in [5, 5.41) is 22.1. The summed E-state index contributed by atoms with van der Waals surface area (Å²) in [4.78, 5) is 13.1. The number of hydrogen-bond donors (Lipinski definition) is 2. The first-order valence-electron chi connectivity index (χ1n) is 13.1. The molecule has 2 aliphatic carbocycles. The van der Waals surface area contributed by atoms with E-state index in [2.05, 4.69) is 47.7 Å². The minimum atomic E-state index is -1.97. The Morgan fingerprint density at radius 1 is 1.20 bits per heavy atom. The maximum Gasteiger partial charge on any atom is 0.191 e. The lowest BCUT2D eigenvalue weighted by Gasteiger charge is -2.39. The fourth-order valence-electron chi connectivity index (χ4n) is 5.52. The maximum atomic E-state index is 13.1. The van der Waals surface area contributed by atoms with Crippen molar-refractivity contribution in [1.29, 1.82) is 0 Å². The molecule has 0 heterocycles. The molecule has 0 amide bonds.